The van der Waals surface area contributed by atoms with Crippen LogP contribution in [0.1, 0.15) is 22.8 Å². The van der Waals surface area contributed by atoms with Crippen molar-refractivity contribution < 1.29 is 14.3 Å². The summed E-state index contributed by atoms with van der Waals surface area (Å²) < 4.78 is 11.2. The third kappa shape index (κ3) is 5.72. The minimum atomic E-state index is -0.0813. The molecule has 0 aromatic heterocycles. The molecule has 19 heavy (non-hydrogen) atoms. The van der Waals surface area contributed by atoms with E-state index in [0.717, 1.165) is 16.5 Å². The molecule has 1 aromatic carbocycles. The highest BCUT2D eigenvalue weighted by Crippen LogP contribution is 2.19. The van der Waals surface area contributed by atoms with Gasteiger partial charge in [-0.25, -0.2) is 0 Å². The highest BCUT2D eigenvalue weighted by molar-refractivity contribution is 9.10. The summed E-state index contributed by atoms with van der Waals surface area (Å²) in [6, 6.07) is 5.59. The summed E-state index contributed by atoms with van der Waals surface area (Å²) in [6.07, 6.45) is 0.785. The molecular formula is C14H20BrNO3. The first kappa shape index (κ1) is 16.1. The molecule has 0 atom stereocenters. The Kier molecular flexibility index (Phi) is 7.70. The van der Waals surface area contributed by atoms with Gasteiger partial charge in [-0.05, 0) is 37.1 Å². The van der Waals surface area contributed by atoms with E-state index in [0.29, 0.717) is 31.9 Å². The molecule has 0 bridgehead atoms. The van der Waals surface area contributed by atoms with Crippen LogP contribution in [0.5, 0.6) is 0 Å². The molecule has 0 heterocycles. The van der Waals surface area contributed by atoms with Crippen molar-refractivity contribution in [3.05, 3.63) is 33.8 Å². The third-order valence-corrected chi connectivity index (χ3v) is 3.39. The van der Waals surface area contributed by atoms with Crippen LogP contribution in [0.25, 0.3) is 0 Å². The quantitative estimate of drug-likeness (QED) is 0.745. The molecule has 0 unspecified atom stereocenters. The van der Waals surface area contributed by atoms with Gasteiger partial charge in [-0.15, -0.1) is 0 Å². The van der Waals surface area contributed by atoms with Crippen molar-refractivity contribution >= 4 is 21.8 Å². The van der Waals surface area contributed by atoms with E-state index in [9.17, 15) is 4.79 Å². The Balaban J connectivity index is 2.63. The van der Waals surface area contributed by atoms with Gasteiger partial charge in [-0.2, -0.15) is 0 Å². The van der Waals surface area contributed by atoms with Gasteiger partial charge in [-0.1, -0.05) is 15.9 Å². The Morgan fingerprint density at radius 2 is 2.16 bits per heavy atom. The number of rotatable bonds is 8. The zero-order chi connectivity index (χ0) is 14.1. The van der Waals surface area contributed by atoms with Gasteiger partial charge in [0, 0.05) is 30.3 Å². The zero-order valence-corrected chi connectivity index (χ0v) is 13.0. The minimum Gasteiger partial charge on any atom is -0.383 e. The van der Waals surface area contributed by atoms with Crippen molar-refractivity contribution in [2.24, 2.45) is 0 Å². The van der Waals surface area contributed by atoms with E-state index in [1.807, 2.05) is 19.1 Å². The lowest BCUT2D eigenvalue weighted by atomic mass is 10.1. The molecule has 0 aliphatic rings. The second kappa shape index (κ2) is 9.07. The first-order chi connectivity index (χ1) is 9.19. The first-order valence-corrected chi connectivity index (χ1v) is 7.11. The second-order valence-corrected chi connectivity index (χ2v) is 4.86. The SMILES string of the molecule is CCOCCc1cc(C(=O)NCCOC)ccc1Br. The molecular weight excluding hydrogens is 310 g/mol. The average molecular weight is 330 g/mol. The van der Waals surface area contributed by atoms with Crippen LogP contribution in [0, 0.1) is 0 Å². The van der Waals surface area contributed by atoms with Gasteiger partial charge in [0.2, 0.25) is 0 Å². The molecule has 1 N–H and O–H groups in total. The number of benzene rings is 1. The molecule has 0 aliphatic heterocycles. The Bertz CT molecular complexity index is 410. The van der Waals surface area contributed by atoms with E-state index in [2.05, 4.69) is 21.2 Å². The lowest BCUT2D eigenvalue weighted by Crippen LogP contribution is -2.27. The van der Waals surface area contributed by atoms with Crippen molar-refractivity contribution in [3.63, 3.8) is 0 Å². The van der Waals surface area contributed by atoms with E-state index >= 15 is 0 Å². The fourth-order valence-corrected chi connectivity index (χ4v) is 2.05. The van der Waals surface area contributed by atoms with E-state index < -0.39 is 0 Å². The van der Waals surface area contributed by atoms with Crippen molar-refractivity contribution in [2.75, 3.05) is 33.5 Å². The van der Waals surface area contributed by atoms with Crippen molar-refractivity contribution in [1.29, 1.82) is 0 Å². The van der Waals surface area contributed by atoms with Crippen molar-refractivity contribution in [1.82, 2.24) is 5.32 Å². The molecule has 0 aliphatic carbocycles. The van der Waals surface area contributed by atoms with Gasteiger partial charge in [0.1, 0.15) is 0 Å². The molecule has 106 valence electrons. The fraction of sp³-hybridized carbons (Fsp3) is 0.500. The predicted octanol–water partition coefficient (Wildman–Crippen LogP) is 2.40. The molecule has 1 amide bonds. The first-order valence-electron chi connectivity index (χ1n) is 6.32. The highest BCUT2D eigenvalue weighted by Gasteiger charge is 2.08. The summed E-state index contributed by atoms with van der Waals surface area (Å²) in [7, 11) is 1.61. The number of methoxy groups -OCH3 is 1. The van der Waals surface area contributed by atoms with Crippen LogP contribution in [0.2, 0.25) is 0 Å². The standard InChI is InChI=1S/C14H20BrNO3/c1-3-19-8-6-11-10-12(4-5-13(11)15)14(17)16-7-9-18-2/h4-5,10H,3,6-9H2,1-2H3,(H,16,17). The van der Waals surface area contributed by atoms with Gasteiger partial charge >= 0.3 is 0 Å². The van der Waals surface area contributed by atoms with Crippen LogP contribution >= 0.6 is 15.9 Å². The van der Waals surface area contributed by atoms with Crippen LogP contribution in [-0.2, 0) is 15.9 Å². The molecule has 0 radical (unpaired) electrons. The van der Waals surface area contributed by atoms with Crippen molar-refractivity contribution in [2.45, 2.75) is 13.3 Å². The highest BCUT2D eigenvalue weighted by atomic mass is 79.9. The van der Waals surface area contributed by atoms with Crippen LogP contribution < -0.4 is 5.32 Å². The summed E-state index contributed by atoms with van der Waals surface area (Å²) in [5.74, 6) is -0.0813. The van der Waals surface area contributed by atoms with E-state index in [1.165, 1.54) is 0 Å². The fourth-order valence-electron chi connectivity index (χ4n) is 1.60. The number of nitrogens with one attached hydrogen (secondary N) is 1. The largest absolute Gasteiger partial charge is 0.383 e. The van der Waals surface area contributed by atoms with Gasteiger partial charge in [0.15, 0.2) is 0 Å². The Labute approximate surface area is 122 Å². The zero-order valence-electron chi connectivity index (χ0n) is 11.4. The van der Waals surface area contributed by atoms with Gasteiger partial charge in [0.25, 0.3) is 5.91 Å². The van der Waals surface area contributed by atoms with Gasteiger partial charge < -0.3 is 14.8 Å². The Morgan fingerprint density at radius 3 is 2.84 bits per heavy atom. The van der Waals surface area contributed by atoms with E-state index in [1.54, 1.807) is 13.2 Å². The van der Waals surface area contributed by atoms with Gasteiger partial charge in [0.05, 0.1) is 13.2 Å². The molecule has 0 saturated carbocycles. The summed E-state index contributed by atoms with van der Waals surface area (Å²) in [5, 5.41) is 2.80. The lowest BCUT2D eigenvalue weighted by Gasteiger charge is -2.09. The molecule has 1 aromatic rings. The maximum Gasteiger partial charge on any atom is 0.251 e. The molecule has 0 fully saturated rings. The summed E-state index contributed by atoms with van der Waals surface area (Å²) >= 11 is 3.49. The summed E-state index contributed by atoms with van der Waals surface area (Å²) in [6.45, 7) is 4.35. The smallest absolute Gasteiger partial charge is 0.251 e. The number of carbonyl (C=O) groups excluding carboxylic acids is 1. The maximum absolute atomic E-state index is 11.9. The summed E-state index contributed by atoms with van der Waals surface area (Å²) in [4.78, 5) is 11.9. The number of hydrogen-bond acceptors (Lipinski definition) is 3. The summed E-state index contributed by atoms with van der Waals surface area (Å²) in [5.41, 5.74) is 1.73. The molecule has 4 nitrogen and oxygen atoms in total. The monoisotopic (exact) mass is 329 g/mol. The number of amides is 1. The van der Waals surface area contributed by atoms with Crippen LogP contribution in [-0.4, -0.2) is 39.4 Å². The maximum atomic E-state index is 11.9. The normalized spacial score (nSPS) is 10.5. The Morgan fingerprint density at radius 1 is 1.37 bits per heavy atom. The number of carbonyl (C=O) groups is 1. The minimum absolute atomic E-state index is 0.0813. The Hall–Kier alpha value is -0.910. The molecule has 0 spiro atoms. The average Bonchev–Trinajstić information content (AvgIpc) is 2.41. The third-order valence-electron chi connectivity index (χ3n) is 2.62. The lowest BCUT2D eigenvalue weighted by molar-refractivity contribution is 0.0937. The van der Waals surface area contributed by atoms with Crippen LogP contribution in [0.4, 0.5) is 0 Å². The van der Waals surface area contributed by atoms with E-state index in [-0.39, 0.29) is 5.91 Å². The topological polar surface area (TPSA) is 47.6 Å². The van der Waals surface area contributed by atoms with Crippen LogP contribution in [0.15, 0.2) is 22.7 Å². The number of halogens is 1. The predicted molar refractivity (Wildman–Crippen MR) is 78.5 cm³/mol. The molecule has 5 heteroatoms. The number of ether oxygens (including phenoxy) is 2. The second-order valence-electron chi connectivity index (χ2n) is 4.00. The van der Waals surface area contributed by atoms with Gasteiger partial charge in [-0.3, -0.25) is 4.79 Å². The van der Waals surface area contributed by atoms with E-state index in [4.69, 9.17) is 9.47 Å². The molecule has 0 saturated heterocycles. The number of hydrogen-bond donors (Lipinski definition) is 1. The van der Waals surface area contributed by atoms with Crippen LogP contribution in [0.3, 0.4) is 0 Å². The van der Waals surface area contributed by atoms with Crippen molar-refractivity contribution in [3.8, 4) is 0 Å². The molecule has 1 rings (SSSR count).